The lowest BCUT2D eigenvalue weighted by atomic mass is 9.79. The minimum Gasteiger partial charge on any atom is -0.506 e. The van der Waals surface area contributed by atoms with Crippen molar-refractivity contribution in [2.45, 2.75) is 11.3 Å². The van der Waals surface area contributed by atoms with E-state index in [4.69, 9.17) is 4.99 Å². The van der Waals surface area contributed by atoms with Crippen LogP contribution in [0.15, 0.2) is 168 Å². The van der Waals surface area contributed by atoms with E-state index in [-0.39, 0.29) is 17.1 Å². The van der Waals surface area contributed by atoms with Gasteiger partial charge in [-0.3, -0.25) is 4.79 Å². The number of ketones is 1. The van der Waals surface area contributed by atoms with E-state index in [0.717, 1.165) is 83.1 Å². The standard InChI is InChI=1S/C50H30N4O2/c55-47-43(33-25-23-27-11-9-21-39-41(27)45(33)53-49(51-39)35-17-5-1-13-29(35)30-14-2-6-18-36(30)49)48(56)44(47)34-26-24-28-12-10-22-40-42(28)46(34)54-50(52-40)37-19-7-3-15-31(37)32-16-4-8-20-38(32)50/h1-26,51-53,55H. The minimum atomic E-state index is -0.905. The number of Topliss-reactive ketones (excluding diaryl/α,β-unsaturated/α-hetero) is 1. The zero-order chi connectivity index (χ0) is 36.9. The lowest BCUT2D eigenvalue weighted by Gasteiger charge is -2.41. The molecule has 0 radical (unpaired) electrons. The van der Waals surface area contributed by atoms with Crippen LogP contribution in [0.1, 0.15) is 27.8 Å². The molecule has 2 heterocycles. The summed E-state index contributed by atoms with van der Waals surface area (Å²) >= 11 is 0. The number of allylic oxidation sites excluding steroid dienone is 2. The maximum absolute atomic E-state index is 14.9. The lowest BCUT2D eigenvalue weighted by Crippen LogP contribution is -2.45. The highest BCUT2D eigenvalue weighted by Gasteiger charge is 2.48. The molecule has 0 fully saturated rings. The number of carbonyl (C=O) groups is 1. The van der Waals surface area contributed by atoms with Crippen LogP contribution in [0, 0.1) is 0 Å². The molecule has 5 aliphatic rings. The fourth-order valence-corrected chi connectivity index (χ4v) is 10.3. The molecule has 8 aromatic carbocycles. The van der Waals surface area contributed by atoms with Crippen LogP contribution in [0.3, 0.4) is 0 Å². The van der Waals surface area contributed by atoms with Crippen molar-refractivity contribution >= 4 is 55.5 Å². The second kappa shape index (κ2) is 10.2. The largest absolute Gasteiger partial charge is 0.506 e. The van der Waals surface area contributed by atoms with Crippen LogP contribution in [-0.4, -0.2) is 10.9 Å². The average Bonchev–Trinajstić information content (AvgIpc) is 3.66. The number of hydrogen-bond donors (Lipinski definition) is 4. The summed E-state index contributed by atoms with van der Waals surface area (Å²) in [6.45, 7) is 0. The Labute approximate surface area is 320 Å². The Hall–Kier alpha value is -7.44. The van der Waals surface area contributed by atoms with Gasteiger partial charge in [0.1, 0.15) is 5.76 Å². The van der Waals surface area contributed by atoms with Gasteiger partial charge in [0, 0.05) is 55.2 Å². The summed E-state index contributed by atoms with van der Waals surface area (Å²) in [5.41, 5.74) is 11.2. The molecule has 262 valence electrons. The molecular formula is C50H30N4O2. The third-order valence-electron chi connectivity index (χ3n) is 12.6. The Morgan fingerprint density at radius 1 is 0.464 bits per heavy atom. The second-order valence-corrected chi connectivity index (χ2v) is 15.3. The summed E-state index contributed by atoms with van der Waals surface area (Å²) in [7, 11) is 0. The van der Waals surface area contributed by atoms with Crippen molar-refractivity contribution in [2.24, 2.45) is 4.99 Å². The van der Waals surface area contributed by atoms with Crippen LogP contribution >= 0.6 is 0 Å². The average molecular weight is 719 g/mol. The van der Waals surface area contributed by atoms with Crippen molar-refractivity contribution < 1.29 is 9.90 Å². The molecule has 0 unspecified atom stereocenters. The first kappa shape index (κ1) is 29.9. The van der Waals surface area contributed by atoms with Gasteiger partial charge < -0.3 is 21.1 Å². The van der Waals surface area contributed by atoms with Crippen LogP contribution in [0.25, 0.3) is 54.9 Å². The van der Waals surface area contributed by atoms with E-state index < -0.39 is 11.3 Å². The minimum absolute atomic E-state index is 0.0206. The zero-order valence-corrected chi connectivity index (χ0v) is 29.8. The lowest BCUT2D eigenvalue weighted by molar-refractivity contribution is -0.109. The topological polar surface area (TPSA) is 85.8 Å². The van der Waals surface area contributed by atoms with Crippen LogP contribution < -0.4 is 26.5 Å². The van der Waals surface area contributed by atoms with E-state index in [1.807, 2.05) is 30.3 Å². The summed E-state index contributed by atoms with van der Waals surface area (Å²) in [5, 5.41) is 29.2. The van der Waals surface area contributed by atoms with Crippen molar-refractivity contribution in [1.82, 2.24) is 0 Å². The Morgan fingerprint density at radius 2 is 1.00 bits per heavy atom. The van der Waals surface area contributed by atoms with Gasteiger partial charge in [0.15, 0.2) is 11.3 Å². The van der Waals surface area contributed by atoms with Gasteiger partial charge >= 0.3 is 0 Å². The van der Waals surface area contributed by atoms with Crippen LogP contribution in [0.2, 0.25) is 0 Å². The van der Waals surface area contributed by atoms with Crippen molar-refractivity contribution in [3.8, 4) is 22.3 Å². The summed E-state index contributed by atoms with van der Waals surface area (Å²) in [6, 6.07) is 54.1. The number of nitrogens with one attached hydrogen (secondary N) is 3. The Kier molecular flexibility index (Phi) is 5.45. The number of nitrogens with zero attached hydrogens (tertiary/aromatic N) is 1. The van der Waals surface area contributed by atoms with E-state index >= 15 is 0 Å². The number of benzene rings is 8. The zero-order valence-electron chi connectivity index (χ0n) is 29.8. The first-order valence-electron chi connectivity index (χ1n) is 19.0. The molecule has 6 nitrogen and oxygen atoms in total. The highest BCUT2D eigenvalue weighted by atomic mass is 16.3. The number of aliphatic hydroxyl groups is 1. The number of hydrogen-bond acceptors (Lipinski definition) is 6. The van der Waals surface area contributed by atoms with Crippen LogP contribution in [0.5, 0.6) is 0 Å². The predicted molar refractivity (Wildman–Crippen MR) is 223 cm³/mol. The fourth-order valence-electron chi connectivity index (χ4n) is 10.3. The molecule has 0 atom stereocenters. The Bertz CT molecular complexity index is 3250. The molecule has 0 bridgehead atoms. The molecule has 6 heteroatoms. The number of rotatable bonds is 1. The normalized spacial score (nSPS) is 17.7. The summed E-state index contributed by atoms with van der Waals surface area (Å²) in [6.07, 6.45) is 0. The summed E-state index contributed by atoms with van der Waals surface area (Å²) < 4.78 is 0. The molecular weight excluding hydrogens is 689 g/mol. The van der Waals surface area contributed by atoms with Crippen molar-refractivity contribution in [3.05, 3.63) is 202 Å². The fraction of sp³-hybridized carbons (Fsp3) is 0.0400. The molecule has 0 saturated carbocycles. The van der Waals surface area contributed by atoms with E-state index in [1.165, 1.54) is 0 Å². The van der Waals surface area contributed by atoms with Crippen molar-refractivity contribution in [1.29, 1.82) is 0 Å². The van der Waals surface area contributed by atoms with Crippen LogP contribution in [0.4, 0.5) is 17.1 Å². The van der Waals surface area contributed by atoms with Gasteiger partial charge in [0.2, 0.25) is 5.78 Å². The highest BCUT2D eigenvalue weighted by Crippen LogP contribution is 2.55. The van der Waals surface area contributed by atoms with Crippen molar-refractivity contribution in [2.75, 3.05) is 16.0 Å². The van der Waals surface area contributed by atoms with Gasteiger partial charge in [-0.25, -0.2) is 4.99 Å². The molecule has 0 saturated heterocycles. The molecule has 3 aliphatic carbocycles. The molecule has 13 rings (SSSR count). The Balaban J connectivity index is 1.06. The quantitative estimate of drug-likeness (QED) is 0.136. The number of aliphatic hydroxyl groups excluding tert-OH is 1. The molecule has 8 aromatic rings. The molecule has 56 heavy (non-hydrogen) atoms. The highest BCUT2D eigenvalue weighted by molar-refractivity contribution is 6.52. The summed E-state index contributed by atoms with van der Waals surface area (Å²) in [4.78, 5) is 20.4. The van der Waals surface area contributed by atoms with Crippen molar-refractivity contribution in [3.63, 3.8) is 0 Å². The molecule has 0 aromatic heterocycles. The van der Waals surface area contributed by atoms with Gasteiger partial charge in [-0.2, -0.15) is 0 Å². The van der Waals surface area contributed by atoms with E-state index in [2.05, 4.69) is 143 Å². The Morgan fingerprint density at radius 3 is 1.62 bits per heavy atom. The third-order valence-corrected chi connectivity index (χ3v) is 12.6. The van der Waals surface area contributed by atoms with E-state index in [9.17, 15) is 9.90 Å². The van der Waals surface area contributed by atoms with Gasteiger partial charge in [-0.05, 0) is 45.2 Å². The maximum atomic E-state index is 14.9. The first-order valence-corrected chi connectivity index (χ1v) is 19.0. The number of anilines is 3. The summed E-state index contributed by atoms with van der Waals surface area (Å²) in [5.74, 6) is -0.229. The predicted octanol–water partition coefficient (Wildman–Crippen LogP) is 9.34. The van der Waals surface area contributed by atoms with E-state index in [0.29, 0.717) is 21.7 Å². The second-order valence-electron chi connectivity index (χ2n) is 15.3. The SMILES string of the molecule is O=C1C(c2ccc3cccc4c3c2NC2(N4)c3ccccc3-c3ccccc32)=C(O)C1=c1ccc2cccc3c2c1=NC1(N3)c2ccccc2-c2ccccc21. The van der Waals surface area contributed by atoms with Gasteiger partial charge in [0.25, 0.3) is 0 Å². The van der Waals surface area contributed by atoms with Gasteiger partial charge in [-0.1, -0.05) is 146 Å². The van der Waals surface area contributed by atoms with Gasteiger partial charge in [-0.15, -0.1) is 0 Å². The first-order chi connectivity index (χ1) is 27.6. The smallest absolute Gasteiger partial charge is 0.201 e. The molecule has 0 amide bonds. The molecule has 4 N–H and O–H groups in total. The third kappa shape index (κ3) is 3.48. The molecule has 2 spiro atoms. The number of fused-ring (bicyclic) bond motifs is 10. The molecule has 2 aliphatic heterocycles. The van der Waals surface area contributed by atoms with Crippen LogP contribution in [-0.2, 0) is 16.1 Å². The van der Waals surface area contributed by atoms with Gasteiger partial charge in [0.05, 0.1) is 22.2 Å². The number of carbonyl (C=O) groups excluding carboxylic acids is 1. The van der Waals surface area contributed by atoms with E-state index in [1.54, 1.807) is 0 Å². The monoisotopic (exact) mass is 718 g/mol. The maximum Gasteiger partial charge on any atom is 0.201 e.